The van der Waals surface area contributed by atoms with Crippen molar-refractivity contribution in [3.63, 3.8) is 0 Å². The van der Waals surface area contributed by atoms with E-state index in [1.807, 2.05) is 35.8 Å². The molecule has 2 aliphatic heterocycles. The fourth-order valence-corrected chi connectivity index (χ4v) is 7.27. The Kier molecular flexibility index (Phi) is 9.06. The third-order valence-corrected chi connectivity index (χ3v) is 10.1. The number of nitrogens with zero attached hydrogens (tertiary/aromatic N) is 6. The second kappa shape index (κ2) is 13.2. The number of aliphatic imine (C=N–C) groups is 1. The van der Waals surface area contributed by atoms with Crippen molar-refractivity contribution in [1.82, 2.24) is 24.6 Å². The fourth-order valence-electron chi connectivity index (χ4n) is 5.93. The number of hydrogen-bond acceptors (Lipinski definition) is 8. The van der Waals surface area contributed by atoms with Gasteiger partial charge in [-0.2, -0.15) is 0 Å². The summed E-state index contributed by atoms with van der Waals surface area (Å²) in [5, 5.41) is 10.5. The maximum Gasteiger partial charge on any atom is 0.225 e. The molecule has 46 heavy (non-hydrogen) atoms. The Labute approximate surface area is 276 Å². The van der Waals surface area contributed by atoms with Crippen molar-refractivity contribution in [2.24, 2.45) is 4.99 Å². The maximum atomic E-state index is 13.7. The number of piperazine rings is 1. The molecule has 0 unspecified atom stereocenters. The van der Waals surface area contributed by atoms with Gasteiger partial charge in [-0.05, 0) is 62.7 Å². The lowest BCUT2D eigenvalue weighted by Gasteiger charge is -2.35. The van der Waals surface area contributed by atoms with Gasteiger partial charge in [0.1, 0.15) is 22.6 Å². The first-order valence-electron chi connectivity index (χ1n) is 15.2. The summed E-state index contributed by atoms with van der Waals surface area (Å²) in [7, 11) is 1.57. The van der Waals surface area contributed by atoms with Crippen LogP contribution in [0.25, 0.3) is 5.00 Å². The summed E-state index contributed by atoms with van der Waals surface area (Å²) in [5.41, 5.74) is 4.41. The smallest absolute Gasteiger partial charge is 0.225 e. The van der Waals surface area contributed by atoms with Gasteiger partial charge in [0.2, 0.25) is 11.8 Å². The standard InChI is InChI=1S/C34H35ClN6O4S/c1-20-21(2)46-34-31(20)32(24-5-9-25(35)10-6-24)36-27(33-38-37-22(3)41(33)34)19-30(44)40-17-15-39(16-18-40)29(43)14-13-28(42)23-7-11-26(45-4)12-8-23/h5-12,27H,13-19H2,1-4H3/t27-/m0/s1. The summed E-state index contributed by atoms with van der Waals surface area (Å²) >= 11 is 7.89. The van der Waals surface area contributed by atoms with Crippen molar-refractivity contribution < 1.29 is 19.1 Å². The summed E-state index contributed by atoms with van der Waals surface area (Å²) in [4.78, 5) is 49.2. The van der Waals surface area contributed by atoms with Gasteiger partial charge in [0.05, 0.1) is 19.2 Å². The number of hydrogen-bond donors (Lipinski definition) is 0. The molecule has 0 aliphatic carbocycles. The number of fused-ring (bicyclic) bond motifs is 3. The SMILES string of the molecule is COc1ccc(C(=O)CCC(=O)N2CCN(C(=O)C[C@@H]3N=C(c4ccc(Cl)cc4)c4c(sc(C)c4C)-n4c(C)nnc43)CC2)cc1. The molecular weight excluding hydrogens is 624 g/mol. The normalized spacial score (nSPS) is 15.9. The number of methoxy groups -OCH3 is 1. The van der Waals surface area contributed by atoms with Crippen molar-refractivity contribution in [3.8, 4) is 10.8 Å². The highest BCUT2D eigenvalue weighted by atomic mass is 35.5. The van der Waals surface area contributed by atoms with Crippen LogP contribution in [0, 0.1) is 20.8 Å². The average Bonchev–Trinajstić information content (AvgIpc) is 3.55. The fraction of sp³-hybridized carbons (Fsp3) is 0.353. The third kappa shape index (κ3) is 6.21. The Bertz CT molecular complexity index is 1820. The number of amides is 2. The minimum Gasteiger partial charge on any atom is -0.497 e. The second-order valence-corrected chi connectivity index (χ2v) is 13.2. The van der Waals surface area contributed by atoms with E-state index in [4.69, 9.17) is 21.3 Å². The molecule has 0 N–H and O–H groups in total. The molecule has 4 aromatic rings. The van der Waals surface area contributed by atoms with Gasteiger partial charge < -0.3 is 14.5 Å². The van der Waals surface area contributed by atoms with Crippen molar-refractivity contribution in [2.45, 2.75) is 46.1 Å². The van der Waals surface area contributed by atoms with Crippen molar-refractivity contribution in [3.05, 3.63) is 92.3 Å². The summed E-state index contributed by atoms with van der Waals surface area (Å²) in [5.74, 6) is 1.81. The van der Waals surface area contributed by atoms with Crippen molar-refractivity contribution in [1.29, 1.82) is 0 Å². The van der Waals surface area contributed by atoms with E-state index in [-0.39, 0.29) is 36.9 Å². The van der Waals surface area contributed by atoms with Gasteiger partial charge in [-0.25, -0.2) is 0 Å². The molecule has 1 atom stereocenters. The predicted molar refractivity (Wildman–Crippen MR) is 178 cm³/mol. The Morgan fingerprint density at radius 1 is 0.891 bits per heavy atom. The molecule has 0 saturated carbocycles. The number of aryl methyl sites for hydroxylation is 2. The van der Waals surface area contributed by atoms with E-state index in [0.717, 1.165) is 33.2 Å². The van der Waals surface area contributed by atoms with Crippen LogP contribution in [0.2, 0.25) is 5.02 Å². The minimum atomic E-state index is -0.553. The van der Waals surface area contributed by atoms with Crippen LogP contribution in [0.15, 0.2) is 53.5 Å². The topological polar surface area (TPSA) is 110 Å². The Morgan fingerprint density at radius 3 is 2.20 bits per heavy atom. The van der Waals surface area contributed by atoms with Gasteiger partial charge in [0, 0.05) is 65.6 Å². The number of ether oxygens (including phenoxy) is 1. The Morgan fingerprint density at radius 2 is 1.54 bits per heavy atom. The predicted octanol–water partition coefficient (Wildman–Crippen LogP) is 5.53. The zero-order chi connectivity index (χ0) is 32.5. The molecule has 2 aliphatic rings. The molecule has 1 saturated heterocycles. The molecular formula is C34H35ClN6O4S. The van der Waals surface area contributed by atoms with Crippen LogP contribution in [0.4, 0.5) is 0 Å². The summed E-state index contributed by atoms with van der Waals surface area (Å²) in [6.45, 7) is 7.75. The number of Topliss-reactive ketones (excluding diaryl/α,β-unsaturated/α-hetero) is 1. The van der Waals surface area contributed by atoms with Crippen LogP contribution in [-0.2, 0) is 9.59 Å². The lowest BCUT2D eigenvalue weighted by Crippen LogP contribution is -2.50. The number of aromatic nitrogens is 3. The molecule has 12 heteroatoms. The highest BCUT2D eigenvalue weighted by molar-refractivity contribution is 7.15. The number of benzene rings is 2. The molecule has 0 spiro atoms. The van der Waals surface area contributed by atoms with E-state index >= 15 is 0 Å². The monoisotopic (exact) mass is 658 g/mol. The van der Waals surface area contributed by atoms with Gasteiger partial charge in [0.15, 0.2) is 11.6 Å². The first-order valence-corrected chi connectivity index (χ1v) is 16.4. The Hall–Kier alpha value is -4.35. The van der Waals surface area contributed by atoms with Crippen LogP contribution in [0.5, 0.6) is 5.75 Å². The lowest BCUT2D eigenvalue weighted by molar-refractivity contribution is -0.139. The highest BCUT2D eigenvalue weighted by Crippen LogP contribution is 2.39. The first-order chi connectivity index (χ1) is 22.1. The molecule has 2 amide bonds. The first kappa shape index (κ1) is 31.6. The molecule has 10 nitrogen and oxygen atoms in total. The van der Waals surface area contributed by atoms with E-state index in [1.165, 1.54) is 4.88 Å². The summed E-state index contributed by atoms with van der Waals surface area (Å²) < 4.78 is 7.18. The van der Waals surface area contributed by atoms with Crippen LogP contribution < -0.4 is 4.74 Å². The number of carbonyl (C=O) groups is 3. The molecule has 1 fully saturated rings. The lowest BCUT2D eigenvalue weighted by atomic mass is 9.99. The van der Waals surface area contributed by atoms with Crippen LogP contribution in [0.3, 0.4) is 0 Å². The van der Waals surface area contributed by atoms with Gasteiger partial charge in [0.25, 0.3) is 0 Å². The number of ketones is 1. The van der Waals surface area contributed by atoms with Crippen LogP contribution >= 0.6 is 22.9 Å². The van der Waals surface area contributed by atoms with Gasteiger partial charge in [-0.15, -0.1) is 21.5 Å². The zero-order valence-corrected chi connectivity index (χ0v) is 27.8. The number of thiophene rings is 1. The quantitative estimate of drug-likeness (QED) is 0.230. The van der Waals surface area contributed by atoms with Crippen LogP contribution in [0.1, 0.15) is 68.9 Å². The number of halogens is 1. The van der Waals surface area contributed by atoms with Gasteiger partial charge >= 0.3 is 0 Å². The minimum absolute atomic E-state index is 0.0589. The van der Waals surface area contributed by atoms with E-state index < -0.39 is 6.04 Å². The van der Waals surface area contributed by atoms with E-state index in [0.29, 0.717) is 48.3 Å². The van der Waals surface area contributed by atoms with Gasteiger partial charge in [-0.3, -0.25) is 23.9 Å². The zero-order valence-electron chi connectivity index (χ0n) is 26.2. The highest BCUT2D eigenvalue weighted by Gasteiger charge is 2.34. The summed E-state index contributed by atoms with van der Waals surface area (Å²) in [6, 6.07) is 13.9. The maximum absolute atomic E-state index is 13.7. The molecule has 0 radical (unpaired) electrons. The van der Waals surface area contributed by atoms with E-state index in [2.05, 4.69) is 24.0 Å². The number of rotatable bonds is 8. The molecule has 6 rings (SSSR count). The number of carbonyl (C=O) groups excluding carboxylic acids is 3. The Balaban J connectivity index is 1.15. The van der Waals surface area contributed by atoms with E-state index in [1.54, 1.807) is 52.5 Å². The average molecular weight is 659 g/mol. The van der Waals surface area contributed by atoms with Crippen LogP contribution in [-0.4, -0.2) is 81.2 Å². The molecule has 238 valence electrons. The van der Waals surface area contributed by atoms with E-state index in [9.17, 15) is 14.4 Å². The second-order valence-electron chi connectivity index (χ2n) is 11.5. The summed E-state index contributed by atoms with van der Waals surface area (Å²) in [6.07, 6.45) is 0.373. The largest absolute Gasteiger partial charge is 0.497 e. The van der Waals surface area contributed by atoms with Crippen molar-refractivity contribution >= 4 is 46.2 Å². The van der Waals surface area contributed by atoms with Crippen molar-refractivity contribution in [2.75, 3.05) is 33.3 Å². The molecule has 2 aromatic heterocycles. The molecule has 4 heterocycles. The van der Waals surface area contributed by atoms with Gasteiger partial charge in [-0.1, -0.05) is 23.7 Å². The third-order valence-electron chi connectivity index (χ3n) is 8.69. The molecule has 2 aromatic carbocycles. The molecule has 0 bridgehead atoms.